The van der Waals surface area contributed by atoms with Crippen molar-refractivity contribution < 1.29 is 13.2 Å². The van der Waals surface area contributed by atoms with Gasteiger partial charge in [0.25, 0.3) is 15.9 Å². The van der Waals surface area contributed by atoms with Crippen LogP contribution in [-0.2, 0) is 16.4 Å². The summed E-state index contributed by atoms with van der Waals surface area (Å²) in [6.07, 6.45) is 1.50. The number of carbonyl (C=O) groups is 1. The van der Waals surface area contributed by atoms with Crippen molar-refractivity contribution in [2.75, 3.05) is 4.31 Å². The van der Waals surface area contributed by atoms with E-state index in [9.17, 15) is 13.2 Å². The third kappa shape index (κ3) is 3.33. The minimum absolute atomic E-state index is 0.0354. The molecule has 2 aromatic rings. The van der Waals surface area contributed by atoms with Crippen LogP contribution in [0.4, 0.5) is 5.69 Å². The van der Waals surface area contributed by atoms with Crippen LogP contribution in [0.15, 0.2) is 53.4 Å². The zero-order valence-corrected chi connectivity index (χ0v) is 16.1. The van der Waals surface area contributed by atoms with Gasteiger partial charge >= 0.3 is 0 Å². The third-order valence-electron chi connectivity index (χ3n) is 4.79. The van der Waals surface area contributed by atoms with Gasteiger partial charge in [-0.05, 0) is 56.5 Å². The van der Waals surface area contributed by atoms with Gasteiger partial charge in [0.2, 0.25) is 0 Å². The maximum Gasteiger partial charge on any atom is 0.264 e. The topological polar surface area (TPSA) is 66.5 Å². The Morgan fingerprint density at radius 1 is 1.23 bits per heavy atom. The fraction of sp³-hybridized carbons (Fsp3) is 0.350. The second kappa shape index (κ2) is 7.11. The first-order chi connectivity index (χ1) is 12.3. The van der Waals surface area contributed by atoms with E-state index in [0.717, 1.165) is 17.7 Å². The van der Waals surface area contributed by atoms with E-state index in [2.05, 4.69) is 5.32 Å². The minimum Gasteiger partial charge on any atom is -0.350 e. The molecule has 0 aliphatic carbocycles. The van der Waals surface area contributed by atoms with E-state index in [-0.39, 0.29) is 22.9 Å². The van der Waals surface area contributed by atoms with E-state index < -0.39 is 10.0 Å². The van der Waals surface area contributed by atoms with Gasteiger partial charge in [-0.15, -0.1) is 0 Å². The summed E-state index contributed by atoms with van der Waals surface area (Å²) in [5.74, 6) is -0.258. The summed E-state index contributed by atoms with van der Waals surface area (Å²) in [5.41, 5.74) is 2.09. The van der Waals surface area contributed by atoms with Crippen LogP contribution in [0.1, 0.15) is 43.1 Å². The maximum absolute atomic E-state index is 13.3. The van der Waals surface area contributed by atoms with Crippen molar-refractivity contribution in [3.8, 4) is 0 Å². The maximum atomic E-state index is 13.3. The molecule has 0 saturated carbocycles. The molecule has 138 valence electrons. The van der Waals surface area contributed by atoms with Crippen molar-refractivity contribution in [1.82, 2.24) is 5.32 Å². The monoisotopic (exact) mass is 372 g/mol. The molecule has 0 spiro atoms. The lowest BCUT2D eigenvalue weighted by atomic mass is 10.1. The van der Waals surface area contributed by atoms with Gasteiger partial charge in [0.1, 0.15) is 0 Å². The number of nitrogens with one attached hydrogen (secondary N) is 1. The van der Waals surface area contributed by atoms with Crippen LogP contribution >= 0.6 is 0 Å². The predicted octanol–water partition coefficient (Wildman–Crippen LogP) is 3.35. The highest BCUT2D eigenvalue weighted by Crippen LogP contribution is 2.36. The molecule has 1 heterocycles. The van der Waals surface area contributed by atoms with E-state index in [0.29, 0.717) is 12.0 Å². The molecule has 0 bridgehead atoms. The lowest BCUT2D eigenvalue weighted by Crippen LogP contribution is -2.36. The number of para-hydroxylation sites is 1. The van der Waals surface area contributed by atoms with E-state index in [4.69, 9.17) is 0 Å². The van der Waals surface area contributed by atoms with Gasteiger partial charge in [-0.2, -0.15) is 0 Å². The quantitative estimate of drug-likeness (QED) is 0.875. The molecule has 2 aromatic carbocycles. The fourth-order valence-corrected chi connectivity index (χ4v) is 4.96. The van der Waals surface area contributed by atoms with Crippen LogP contribution < -0.4 is 9.62 Å². The first kappa shape index (κ1) is 18.5. The molecule has 2 unspecified atom stereocenters. The van der Waals surface area contributed by atoms with E-state index in [1.165, 1.54) is 10.4 Å². The zero-order valence-electron chi connectivity index (χ0n) is 15.3. The summed E-state index contributed by atoms with van der Waals surface area (Å²) in [5, 5.41) is 2.87. The summed E-state index contributed by atoms with van der Waals surface area (Å²) >= 11 is 0. The summed E-state index contributed by atoms with van der Waals surface area (Å²) in [6.45, 7) is 5.80. The van der Waals surface area contributed by atoms with Crippen LogP contribution in [0.3, 0.4) is 0 Å². The van der Waals surface area contributed by atoms with Crippen molar-refractivity contribution in [2.45, 2.75) is 50.6 Å². The zero-order chi connectivity index (χ0) is 18.9. The molecule has 0 fully saturated rings. The molecular weight excluding hydrogens is 348 g/mol. The Bertz CT molecular complexity index is 924. The first-order valence-electron chi connectivity index (χ1n) is 8.88. The molecule has 2 atom stereocenters. The van der Waals surface area contributed by atoms with E-state index in [1.54, 1.807) is 18.2 Å². The number of sulfonamides is 1. The van der Waals surface area contributed by atoms with Crippen molar-refractivity contribution in [3.63, 3.8) is 0 Å². The molecule has 1 aliphatic rings. The standard InChI is InChI=1S/C20H24N2O3S/c1-4-14(2)21-20(23)17-9-7-10-18(13-17)26(24,25)22-15(3)12-16-8-5-6-11-19(16)22/h5-11,13-15H,4,12H2,1-3H3,(H,21,23). The second-order valence-corrected chi connectivity index (χ2v) is 8.61. The summed E-state index contributed by atoms with van der Waals surface area (Å²) in [6, 6.07) is 13.7. The van der Waals surface area contributed by atoms with Gasteiger partial charge in [-0.3, -0.25) is 9.10 Å². The SMILES string of the molecule is CCC(C)NC(=O)c1cccc(S(=O)(=O)N2c3ccccc3CC2C)c1. The Hall–Kier alpha value is -2.34. The number of carbonyl (C=O) groups excluding carboxylic acids is 1. The third-order valence-corrected chi connectivity index (χ3v) is 6.71. The molecule has 26 heavy (non-hydrogen) atoms. The molecule has 0 saturated heterocycles. The number of nitrogens with zero attached hydrogens (tertiary/aromatic N) is 1. The number of anilines is 1. The highest BCUT2D eigenvalue weighted by atomic mass is 32.2. The van der Waals surface area contributed by atoms with Gasteiger partial charge in [-0.1, -0.05) is 31.2 Å². The molecular formula is C20H24N2O3S. The normalized spacial score (nSPS) is 17.7. The average Bonchev–Trinajstić information content (AvgIpc) is 2.98. The highest BCUT2D eigenvalue weighted by molar-refractivity contribution is 7.92. The largest absolute Gasteiger partial charge is 0.350 e. The predicted molar refractivity (Wildman–Crippen MR) is 103 cm³/mol. The number of fused-ring (bicyclic) bond motifs is 1. The molecule has 6 heteroatoms. The summed E-state index contributed by atoms with van der Waals surface area (Å²) in [7, 11) is -3.74. The second-order valence-electron chi connectivity index (χ2n) is 6.79. The summed E-state index contributed by atoms with van der Waals surface area (Å²) in [4.78, 5) is 12.5. The van der Waals surface area contributed by atoms with E-state index >= 15 is 0 Å². The fourth-order valence-electron chi connectivity index (χ4n) is 3.22. The van der Waals surface area contributed by atoms with Crippen LogP contribution in [-0.4, -0.2) is 26.4 Å². The minimum atomic E-state index is -3.74. The Balaban J connectivity index is 1.96. The van der Waals surface area contributed by atoms with Gasteiger partial charge in [0.15, 0.2) is 0 Å². The van der Waals surface area contributed by atoms with Crippen molar-refractivity contribution in [3.05, 3.63) is 59.7 Å². The highest BCUT2D eigenvalue weighted by Gasteiger charge is 2.36. The molecule has 1 N–H and O–H groups in total. The van der Waals surface area contributed by atoms with E-state index in [1.807, 2.05) is 45.0 Å². The Kier molecular flexibility index (Phi) is 5.05. The van der Waals surface area contributed by atoms with Gasteiger partial charge < -0.3 is 5.32 Å². The molecule has 0 aromatic heterocycles. The van der Waals surface area contributed by atoms with Crippen molar-refractivity contribution in [1.29, 1.82) is 0 Å². The van der Waals surface area contributed by atoms with Crippen LogP contribution in [0.2, 0.25) is 0 Å². The smallest absolute Gasteiger partial charge is 0.264 e. The van der Waals surface area contributed by atoms with Gasteiger partial charge in [0, 0.05) is 17.6 Å². The number of amides is 1. The molecule has 0 radical (unpaired) electrons. The average molecular weight is 372 g/mol. The first-order valence-corrected chi connectivity index (χ1v) is 10.3. The lowest BCUT2D eigenvalue weighted by Gasteiger charge is -2.24. The number of hydrogen-bond donors (Lipinski definition) is 1. The van der Waals surface area contributed by atoms with Gasteiger partial charge in [0.05, 0.1) is 10.6 Å². The van der Waals surface area contributed by atoms with Crippen LogP contribution in [0, 0.1) is 0 Å². The number of rotatable bonds is 5. The van der Waals surface area contributed by atoms with Crippen molar-refractivity contribution in [2.24, 2.45) is 0 Å². The molecule has 1 amide bonds. The molecule has 3 rings (SSSR count). The molecule has 1 aliphatic heterocycles. The number of hydrogen-bond acceptors (Lipinski definition) is 3. The Labute approximate surface area is 155 Å². The Morgan fingerprint density at radius 2 is 1.96 bits per heavy atom. The Morgan fingerprint density at radius 3 is 2.69 bits per heavy atom. The number of benzene rings is 2. The lowest BCUT2D eigenvalue weighted by molar-refractivity contribution is 0.0939. The molecule has 5 nitrogen and oxygen atoms in total. The van der Waals surface area contributed by atoms with Crippen LogP contribution in [0.25, 0.3) is 0 Å². The van der Waals surface area contributed by atoms with Crippen molar-refractivity contribution >= 4 is 21.6 Å². The van der Waals surface area contributed by atoms with Gasteiger partial charge in [-0.25, -0.2) is 8.42 Å². The van der Waals surface area contributed by atoms with Crippen LogP contribution in [0.5, 0.6) is 0 Å². The summed E-state index contributed by atoms with van der Waals surface area (Å²) < 4.78 is 28.0.